The highest BCUT2D eigenvalue weighted by molar-refractivity contribution is 5.61. The molecule has 1 aliphatic heterocycles. The second kappa shape index (κ2) is 5.13. The monoisotopic (exact) mass is 292 g/mol. The van der Waals surface area contributed by atoms with Gasteiger partial charge >= 0.3 is 5.69 Å². The van der Waals surface area contributed by atoms with Gasteiger partial charge in [0, 0.05) is 37.3 Å². The third kappa shape index (κ3) is 2.33. The van der Waals surface area contributed by atoms with Gasteiger partial charge in [0.15, 0.2) is 5.82 Å². The van der Waals surface area contributed by atoms with Crippen molar-refractivity contribution >= 4 is 5.69 Å². The summed E-state index contributed by atoms with van der Waals surface area (Å²) in [4.78, 5) is 17.9. The Morgan fingerprint density at radius 1 is 1.33 bits per heavy atom. The number of halogens is 2. The molecule has 8 heteroatoms. The Morgan fingerprint density at radius 2 is 2.14 bits per heavy atom. The Balaban J connectivity index is 2.16. The topological polar surface area (TPSA) is 81.0 Å². The molecule has 0 amide bonds. The lowest BCUT2D eigenvalue weighted by molar-refractivity contribution is -0.387. The molecule has 0 saturated heterocycles. The number of fused-ring (bicyclic) bond motifs is 1. The van der Waals surface area contributed by atoms with E-state index in [0.717, 1.165) is 17.7 Å². The number of nitrogens with one attached hydrogen (secondary N) is 1. The summed E-state index contributed by atoms with van der Waals surface area (Å²) in [6, 6.07) is 1.64. The Bertz CT molecular complexity index is 736. The average molecular weight is 292 g/mol. The Morgan fingerprint density at radius 3 is 2.90 bits per heavy atom. The zero-order chi connectivity index (χ0) is 15.0. The second-order valence-corrected chi connectivity index (χ2v) is 4.60. The van der Waals surface area contributed by atoms with E-state index in [1.165, 1.54) is 6.20 Å². The maximum atomic E-state index is 14.1. The average Bonchev–Trinajstić information content (AvgIpc) is 2.47. The number of nitro groups is 1. The van der Waals surface area contributed by atoms with Gasteiger partial charge in [-0.15, -0.1) is 0 Å². The van der Waals surface area contributed by atoms with Crippen LogP contribution in [0.15, 0.2) is 18.3 Å². The molecule has 0 aliphatic carbocycles. The largest absolute Gasteiger partial charge is 0.312 e. The van der Waals surface area contributed by atoms with Gasteiger partial charge in [-0.25, -0.2) is 14.4 Å². The van der Waals surface area contributed by atoms with Gasteiger partial charge in [0.25, 0.3) is 0 Å². The molecule has 21 heavy (non-hydrogen) atoms. The fourth-order valence-electron chi connectivity index (χ4n) is 2.24. The van der Waals surface area contributed by atoms with Crippen molar-refractivity contribution in [3.63, 3.8) is 0 Å². The van der Waals surface area contributed by atoms with Crippen LogP contribution < -0.4 is 5.32 Å². The van der Waals surface area contributed by atoms with Crippen molar-refractivity contribution in [3.05, 3.63) is 51.3 Å². The normalized spacial score (nSPS) is 13.8. The quantitative estimate of drug-likeness (QED) is 0.676. The van der Waals surface area contributed by atoms with E-state index >= 15 is 0 Å². The minimum Gasteiger partial charge on any atom is -0.312 e. The molecule has 0 unspecified atom stereocenters. The number of hydrogen-bond donors (Lipinski definition) is 1. The van der Waals surface area contributed by atoms with E-state index in [1.54, 1.807) is 0 Å². The standard InChI is InChI=1S/C13H10F2N4O2/c14-8-1-2-10(19(20)21)12(15)11(8)13-17-6-7-5-16-4-3-9(7)18-13/h1-2,6,16H,3-5H2. The highest BCUT2D eigenvalue weighted by Crippen LogP contribution is 2.30. The molecule has 2 heterocycles. The highest BCUT2D eigenvalue weighted by Gasteiger charge is 2.25. The van der Waals surface area contributed by atoms with Crippen LogP contribution in [-0.4, -0.2) is 21.4 Å². The van der Waals surface area contributed by atoms with Gasteiger partial charge < -0.3 is 5.32 Å². The first-order valence-corrected chi connectivity index (χ1v) is 6.26. The first-order chi connectivity index (χ1) is 10.1. The van der Waals surface area contributed by atoms with E-state index in [-0.39, 0.29) is 5.82 Å². The molecule has 0 radical (unpaired) electrons. The van der Waals surface area contributed by atoms with E-state index in [4.69, 9.17) is 0 Å². The minimum absolute atomic E-state index is 0.172. The van der Waals surface area contributed by atoms with Crippen LogP contribution in [0.5, 0.6) is 0 Å². The first kappa shape index (κ1) is 13.5. The molecule has 6 nitrogen and oxygen atoms in total. The van der Waals surface area contributed by atoms with E-state index in [0.29, 0.717) is 25.2 Å². The number of benzene rings is 1. The molecule has 1 aromatic carbocycles. The summed E-state index contributed by atoms with van der Waals surface area (Å²) in [6.45, 7) is 1.30. The number of hydrogen-bond acceptors (Lipinski definition) is 5. The predicted octanol–water partition coefficient (Wildman–Crippen LogP) is 1.98. The maximum Gasteiger partial charge on any atom is 0.305 e. The van der Waals surface area contributed by atoms with E-state index in [9.17, 15) is 18.9 Å². The van der Waals surface area contributed by atoms with Gasteiger partial charge in [-0.05, 0) is 6.07 Å². The van der Waals surface area contributed by atoms with Gasteiger partial charge in [-0.1, -0.05) is 0 Å². The zero-order valence-electron chi connectivity index (χ0n) is 10.8. The smallest absolute Gasteiger partial charge is 0.305 e. The van der Waals surface area contributed by atoms with Crippen molar-refractivity contribution in [1.29, 1.82) is 0 Å². The lowest BCUT2D eigenvalue weighted by atomic mass is 10.1. The van der Waals surface area contributed by atoms with Gasteiger partial charge in [-0.3, -0.25) is 10.1 Å². The molecule has 1 N–H and O–H groups in total. The van der Waals surface area contributed by atoms with Crippen molar-refractivity contribution in [1.82, 2.24) is 15.3 Å². The summed E-state index contributed by atoms with van der Waals surface area (Å²) in [5, 5.41) is 13.9. The summed E-state index contributed by atoms with van der Waals surface area (Å²) in [5.41, 5.74) is 0.195. The first-order valence-electron chi connectivity index (χ1n) is 6.26. The van der Waals surface area contributed by atoms with Gasteiger partial charge in [-0.2, -0.15) is 4.39 Å². The minimum atomic E-state index is -1.26. The predicted molar refractivity (Wildman–Crippen MR) is 69.4 cm³/mol. The van der Waals surface area contributed by atoms with Crippen molar-refractivity contribution in [3.8, 4) is 11.4 Å². The Hall–Kier alpha value is -2.48. The van der Waals surface area contributed by atoms with Crippen LogP contribution in [0.25, 0.3) is 11.4 Å². The molecule has 1 aromatic heterocycles. The summed E-state index contributed by atoms with van der Waals surface area (Å²) < 4.78 is 28.0. The van der Waals surface area contributed by atoms with Gasteiger partial charge in [0.05, 0.1) is 16.2 Å². The summed E-state index contributed by atoms with van der Waals surface area (Å²) in [6.07, 6.45) is 2.10. The molecule has 1 aliphatic rings. The molecule has 0 atom stereocenters. The lowest BCUT2D eigenvalue weighted by Crippen LogP contribution is -2.25. The molecule has 0 spiro atoms. The molecule has 108 valence electrons. The van der Waals surface area contributed by atoms with Crippen LogP contribution in [0.1, 0.15) is 11.3 Å². The van der Waals surface area contributed by atoms with Crippen LogP contribution in [-0.2, 0) is 13.0 Å². The summed E-state index contributed by atoms with van der Waals surface area (Å²) in [5.74, 6) is -2.35. The van der Waals surface area contributed by atoms with Crippen molar-refractivity contribution in [2.24, 2.45) is 0 Å². The number of nitro benzene ring substituents is 1. The number of nitrogens with zero attached hydrogens (tertiary/aromatic N) is 3. The maximum absolute atomic E-state index is 14.1. The van der Waals surface area contributed by atoms with E-state index < -0.39 is 27.8 Å². The Labute approximate surface area is 118 Å². The fraction of sp³-hybridized carbons (Fsp3) is 0.231. The van der Waals surface area contributed by atoms with E-state index in [2.05, 4.69) is 15.3 Å². The fourth-order valence-corrected chi connectivity index (χ4v) is 2.24. The molecular formula is C13H10F2N4O2. The number of rotatable bonds is 2. The SMILES string of the molecule is O=[N+]([O-])c1ccc(F)c(-c2ncc3c(n2)CCNC3)c1F. The molecule has 2 aromatic rings. The van der Waals surface area contributed by atoms with Crippen molar-refractivity contribution < 1.29 is 13.7 Å². The van der Waals surface area contributed by atoms with Crippen LogP contribution in [0.4, 0.5) is 14.5 Å². The second-order valence-electron chi connectivity index (χ2n) is 4.60. The zero-order valence-corrected chi connectivity index (χ0v) is 10.8. The summed E-state index contributed by atoms with van der Waals surface area (Å²) >= 11 is 0. The third-order valence-electron chi connectivity index (χ3n) is 3.30. The molecule has 3 rings (SSSR count). The molecule has 0 fully saturated rings. The molecule has 0 saturated carbocycles. The Kier molecular flexibility index (Phi) is 3.30. The van der Waals surface area contributed by atoms with Crippen LogP contribution in [0.2, 0.25) is 0 Å². The van der Waals surface area contributed by atoms with Crippen molar-refractivity contribution in [2.75, 3.05) is 6.54 Å². The molecule has 0 bridgehead atoms. The highest BCUT2D eigenvalue weighted by atomic mass is 19.1. The van der Waals surface area contributed by atoms with Crippen molar-refractivity contribution in [2.45, 2.75) is 13.0 Å². The number of aromatic nitrogens is 2. The molecular weight excluding hydrogens is 282 g/mol. The third-order valence-corrected chi connectivity index (χ3v) is 3.30. The summed E-state index contributed by atoms with van der Waals surface area (Å²) in [7, 11) is 0. The van der Waals surface area contributed by atoms with Crippen LogP contribution >= 0.6 is 0 Å². The lowest BCUT2D eigenvalue weighted by Gasteiger charge is -2.16. The van der Waals surface area contributed by atoms with Gasteiger partial charge in [0.1, 0.15) is 5.82 Å². The van der Waals surface area contributed by atoms with Crippen LogP contribution in [0, 0.1) is 21.7 Å². The van der Waals surface area contributed by atoms with Crippen LogP contribution in [0.3, 0.4) is 0 Å². The van der Waals surface area contributed by atoms with E-state index in [1.807, 2.05) is 0 Å². The van der Waals surface area contributed by atoms with Gasteiger partial charge in [0.2, 0.25) is 5.82 Å².